The van der Waals surface area contributed by atoms with Crippen molar-refractivity contribution in [2.75, 3.05) is 0 Å². The lowest BCUT2D eigenvalue weighted by atomic mass is 10.0. The molecule has 4 aromatic heterocycles. The van der Waals surface area contributed by atoms with E-state index >= 15 is 0 Å². The first-order valence-electron chi connectivity index (χ1n) is 17.8. The number of rotatable bonds is 5. The zero-order chi connectivity index (χ0) is 34.9. The molecule has 6 nitrogen and oxygen atoms in total. The van der Waals surface area contributed by atoms with E-state index in [0.29, 0.717) is 5.82 Å². The fourth-order valence-corrected chi connectivity index (χ4v) is 7.84. The van der Waals surface area contributed by atoms with Gasteiger partial charge in [-0.3, -0.25) is 8.97 Å². The molecule has 4 heterocycles. The highest BCUT2D eigenvalue weighted by Crippen LogP contribution is 2.37. The van der Waals surface area contributed by atoms with Gasteiger partial charge in [0.25, 0.3) is 0 Å². The van der Waals surface area contributed by atoms with E-state index in [4.69, 9.17) is 15.0 Å². The quantitative estimate of drug-likeness (QED) is 0.182. The van der Waals surface area contributed by atoms with E-state index in [1.54, 1.807) is 0 Å². The van der Waals surface area contributed by atoms with Gasteiger partial charge in [0, 0.05) is 33.7 Å². The Morgan fingerprint density at radius 2 is 0.981 bits per heavy atom. The molecule has 0 aliphatic heterocycles. The maximum Gasteiger partial charge on any atom is 0.221 e. The SMILES string of the molecule is c1ccc(-c2cc(-n3c4ccc(-c5ccc6c(c5)c5ccccc5n6-c5ccccc5)cc4n4c5ccccc5nc34)nc(-c3ccccc3)n2)cc1. The molecule has 6 heteroatoms. The highest BCUT2D eigenvalue weighted by atomic mass is 15.2. The smallest absolute Gasteiger partial charge is 0.221 e. The van der Waals surface area contributed by atoms with E-state index in [2.05, 4.69) is 153 Å². The summed E-state index contributed by atoms with van der Waals surface area (Å²) in [6.07, 6.45) is 0. The summed E-state index contributed by atoms with van der Waals surface area (Å²) < 4.78 is 6.80. The number of hydrogen-bond donors (Lipinski definition) is 0. The van der Waals surface area contributed by atoms with Gasteiger partial charge in [-0.15, -0.1) is 0 Å². The Labute approximate surface area is 304 Å². The van der Waals surface area contributed by atoms with Crippen LogP contribution in [0.5, 0.6) is 0 Å². The minimum atomic E-state index is 0.664. The molecule has 7 aromatic carbocycles. The third-order valence-electron chi connectivity index (χ3n) is 10.3. The largest absolute Gasteiger partial charge is 0.309 e. The zero-order valence-corrected chi connectivity index (χ0v) is 28.5. The summed E-state index contributed by atoms with van der Waals surface area (Å²) in [6.45, 7) is 0. The van der Waals surface area contributed by atoms with Crippen LogP contribution in [0.4, 0.5) is 0 Å². The van der Waals surface area contributed by atoms with Crippen LogP contribution in [0.1, 0.15) is 0 Å². The molecule has 248 valence electrons. The summed E-state index contributed by atoms with van der Waals surface area (Å²) in [4.78, 5) is 15.5. The number of para-hydroxylation sites is 4. The second-order valence-corrected chi connectivity index (χ2v) is 13.4. The van der Waals surface area contributed by atoms with Gasteiger partial charge in [0.15, 0.2) is 5.82 Å². The van der Waals surface area contributed by atoms with Crippen LogP contribution in [0.25, 0.3) is 94.9 Å². The van der Waals surface area contributed by atoms with Gasteiger partial charge in [0.05, 0.1) is 38.8 Å². The van der Waals surface area contributed by atoms with Gasteiger partial charge >= 0.3 is 0 Å². The highest BCUT2D eigenvalue weighted by molar-refractivity contribution is 6.10. The van der Waals surface area contributed by atoms with Gasteiger partial charge in [0.1, 0.15) is 5.82 Å². The number of fused-ring (bicyclic) bond motifs is 8. The van der Waals surface area contributed by atoms with Crippen LogP contribution in [0.3, 0.4) is 0 Å². The van der Waals surface area contributed by atoms with Gasteiger partial charge in [-0.1, -0.05) is 121 Å². The molecule has 0 amide bonds. The molecule has 0 unspecified atom stereocenters. The third kappa shape index (κ3) is 4.63. The number of imidazole rings is 2. The highest BCUT2D eigenvalue weighted by Gasteiger charge is 2.21. The van der Waals surface area contributed by atoms with Crippen LogP contribution in [0, 0.1) is 0 Å². The van der Waals surface area contributed by atoms with Gasteiger partial charge in [-0.2, -0.15) is 0 Å². The summed E-state index contributed by atoms with van der Waals surface area (Å²) in [7, 11) is 0. The molecule has 0 N–H and O–H groups in total. The average Bonchev–Trinajstić information content (AvgIpc) is 3.88. The maximum atomic E-state index is 5.21. The molecule has 0 spiro atoms. The molecule has 0 atom stereocenters. The molecule has 0 aliphatic carbocycles. The number of nitrogens with zero attached hydrogens (tertiary/aromatic N) is 6. The number of benzene rings is 7. The summed E-state index contributed by atoms with van der Waals surface area (Å²) in [5.74, 6) is 2.23. The molecular weight excluding hydrogens is 649 g/mol. The van der Waals surface area contributed by atoms with Crippen molar-refractivity contribution in [3.8, 4) is 45.3 Å². The van der Waals surface area contributed by atoms with Crippen LogP contribution in [0.2, 0.25) is 0 Å². The van der Waals surface area contributed by atoms with Gasteiger partial charge in [-0.25, -0.2) is 15.0 Å². The van der Waals surface area contributed by atoms with Crippen LogP contribution in [0.15, 0.2) is 182 Å². The predicted molar refractivity (Wildman–Crippen MR) is 216 cm³/mol. The predicted octanol–water partition coefficient (Wildman–Crippen LogP) is 11.3. The Bertz CT molecular complexity index is 3100. The fraction of sp³-hybridized carbons (Fsp3) is 0. The van der Waals surface area contributed by atoms with Crippen molar-refractivity contribution in [3.05, 3.63) is 182 Å². The minimum absolute atomic E-state index is 0.664. The van der Waals surface area contributed by atoms with Crippen LogP contribution in [-0.2, 0) is 0 Å². The first-order valence-corrected chi connectivity index (χ1v) is 17.8. The molecule has 0 saturated heterocycles. The van der Waals surface area contributed by atoms with Crippen molar-refractivity contribution < 1.29 is 0 Å². The third-order valence-corrected chi connectivity index (χ3v) is 10.3. The Hall–Kier alpha value is -7.31. The van der Waals surface area contributed by atoms with Gasteiger partial charge in [0.2, 0.25) is 5.78 Å². The Balaban J connectivity index is 1.15. The summed E-state index contributed by atoms with van der Waals surface area (Å²) in [6, 6.07) is 63.7. The van der Waals surface area contributed by atoms with Gasteiger partial charge < -0.3 is 4.57 Å². The Morgan fingerprint density at radius 1 is 0.358 bits per heavy atom. The molecule has 0 radical (unpaired) electrons. The molecule has 0 saturated carbocycles. The standard InChI is InChI=1S/C47H30N6/c1-4-14-31(15-5-1)39-30-45(50-46(48-39)32-16-6-2-7-17-32)53-43-27-25-34(29-44(43)52-42-23-13-11-21-38(42)49-47(52)53)33-24-26-41-37(28-33)36-20-10-12-22-40(36)51(41)35-18-8-3-9-19-35/h1-30H. The Morgan fingerprint density at radius 3 is 1.77 bits per heavy atom. The molecule has 0 fully saturated rings. The first-order chi connectivity index (χ1) is 26.3. The van der Waals surface area contributed by atoms with Crippen LogP contribution in [-0.4, -0.2) is 28.5 Å². The van der Waals surface area contributed by atoms with E-state index in [1.165, 1.54) is 21.8 Å². The molecule has 0 aliphatic rings. The summed E-state index contributed by atoms with van der Waals surface area (Å²) in [5, 5.41) is 2.45. The van der Waals surface area contributed by atoms with E-state index in [1.807, 2.05) is 42.5 Å². The van der Waals surface area contributed by atoms with Crippen molar-refractivity contribution in [1.29, 1.82) is 0 Å². The van der Waals surface area contributed by atoms with Crippen LogP contribution < -0.4 is 0 Å². The van der Waals surface area contributed by atoms with Crippen molar-refractivity contribution in [2.24, 2.45) is 0 Å². The fourth-order valence-electron chi connectivity index (χ4n) is 7.84. The minimum Gasteiger partial charge on any atom is -0.309 e. The first kappa shape index (κ1) is 29.4. The maximum absolute atomic E-state index is 5.21. The number of hydrogen-bond acceptors (Lipinski definition) is 3. The lowest BCUT2D eigenvalue weighted by Crippen LogP contribution is -2.03. The number of aromatic nitrogens is 6. The molecule has 11 rings (SSSR count). The normalized spacial score (nSPS) is 11.8. The van der Waals surface area contributed by atoms with Crippen LogP contribution >= 0.6 is 0 Å². The zero-order valence-electron chi connectivity index (χ0n) is 28.5. The molecular formula is C47H30N6. The second kappa shape index (κ2) is 11.6. The van der Waals surface area contributed by atoms with Crippen molar-refractivity contribution in [2.45, 2.75) is 0 Å². The van der Waals surface area contributed by atoms with Crippen molar-refractivity contribution in [1.82, 2.24) is 28.5 Å². The van der Waals surface area contributed by atoms with Crippen molar-refractivity contribution in [3.63, 3.8) is 0 Å². The van der Waals surface area contributed by atoms with Crippen molar-refractivity contribution >= 4 is 49.7 Å². The molecule has 11 aromatic rings. The average molecular weight is 679 g/mol. The van der Waals surface area contributed by atoms with Gasteiger partial charge in [-0.05, 0) is 65.7 Å². The lowest BCUT2D eigenvalue weighted by Gasteiger charge is -2.11. The molecule has 0 bridgehead atoms. The van der Waals surface area contributed by atoms with E-state index in [9.17, 15) is 0 Å². The second-order valence-electron chi connectivity index (χ2n) is 13.4. The topological polar surface area (TPSA) is 52.9 Å². The summed E-state index contributed by atoms with van der Waals surface area (Å²) in [5.41, 5.74) is 12.7. The van der Waals surface area contributed by atoms with E-state index < -0.39 is 0 Å². The van der Waals surface area contributed by atoms with E-state index in [-0.39, 0.29) is 0 Å². The summed E-state index contributed by atoms with van der Waals surface area (Å²) >= 11 is 0. The monoisotopic (exact) mass is 678 g/mol. The lowest BCUT2D eigenvalue weighted by molar-refractivity contribution is 1.02. The Kier molecular flexibility index (Phi) is 6.45. The van der Waals surface area contributed by atoms with E-state index in [0.717, 1.165) is 67.3 Å². The molecule has 53 heavy (non-hydrogen) atoms.